The zero-order chi connectivity index (χ0) is 18.3. The van der Waals surface area contributed by atoms with E-state index in [-0.39, 0.29) is 30.0 Å². The van der Waals surface area contributed by atoms with E-state index in [2.05, 4.69) is 39.7 Å². The lowest BCUT2D eigenvalue weighted by Gasteiger charge is -2.36. The van der Waals surface area contributed by atoms with Gasteiger partial charge in [-0.25, -0.2) is 9.67 Å². The second-order valence-corrected chi connectivity index (χ2v) is 7.80. The Bertz CT molecular complexity index is 779. The first-order chi connectivity index (χ1) is 11.8. The number of hydrogen-bond acceptors (Lipinski definition) is 4. The van der Waals surface area contributed by atoms with Crippen LogP contribution in [-0.4, -0.2) is 44.2 Å². The Labute approximate surface area is 149 Å². The minimum Gasteiger partial charge on any atom is -0.336 e. The summed E-state index contributed by atoms with van der Waals surface area (Å²) in [5.74, 6) is 0.315. The maximum atomic E-state index is 13.3. The summed E-state index contributed by atoms with van der Waals surface area (Å²) in [5, 5.41) is 5.32. The second-order valence-electron chi connectivity index (χ2n) is 7.80. The van der Waals surface area contributed by atoms with E-state index in [1.807, 2.05) is 15.6 Å². The summed E-state index contributed by atoms with van der Waals surface area (Å²) in [7, 11) is 0. The van der Waals surface area contributed by atoms with E-state index in [1.54, 1.807) is 6.20 Å². The molecule has 3 rings (SSSR count). The third kappa shape index (κ3) is 3.27. The van der Waals surface area contributed by atoms with E-state index in [0.717, 1.165) is 29.6 Å². The highest BCUT2D eigenvalue weighted by Gasteiger charge is 2.30. The van der Waals surface area contributed by atoms with Crippen molar-refractivity contribution in [3.8, 4) is 0 Å². The summed E-state index contributed by atoms with van der Waals surface area (Å²) >= 11 is 0. The molecule has 0 bridgehead atoms. The van der Waals surface area contributed by atoms with Gasteiger partial charge in [-0.3, -0.25) is 4.79 Å². The fraction of sp³-hybridized carbons (Fsp3) is 0.632. The van der Waals surface area contributed by atoms with E-state index in [0.29, 0.717) is 12.1 Å². The molecule has 0 spiro atoms. The van der Waals surface area contributed by atoms with Gasteiger partial charge in [-0.05, 0) is 45.6 Å². The van der Waals surface area contributed by atoms with Gasteiger partial charge in [0, 0.05) is 30.4 Å². The lowest BCUT2D eigenvalue weighted by Crippen LogP contribution is -2.48. The summed E-state index contributed by atoms with van der Waals surface area (Å²) in [4.78, 5) is 20.0. The molecule has 1 fully saturated rings. The Hall–Kier alpha value is -1.95. The number of amides is 1. The molecule has 1 amide bonds. The molecular weight excluding hydrogens is 314 g/mol. The van der Waals surface area contributed by atoms with Crippen LogP contribution in [0.15, 0.2) is 12.3 Å². The van der Waals surface area contributed by atoms with Crippen LogP contribution in [0.5, 0.6) is 0 Å². The maximum Gasteiger partial charge on any atom is 0.254 e. The van der Waals surface area contributed by atoms with Crippen molar-refractivity contribution in [1.82, 2.24) is 19.7 Å². The van der Waals surface area contributed by atoms with Gasteiger partial charge in [-0.1, -0.05) is 13.8 Å². The van der Waals surface area contributed by atoms with Crippen LogP contribution in [0.4, 0.5) is 0 Å². The minimum absolute atomic E-state index is 0.0667. The Kier molecular flexibility index (Phi) is 4.82. The van der Waals surface area contributed by atoms with Crippen LogP contribution in [0.3, 0.4) is 0 Å². The molecule has 1 saturated heterocycles. The average Bonchev–Trinajstić information content (AvgIpc) is 2.97. The Morgan fingerprint density at radius 2 is 2.04 bits per heavy atom. The van der Waals surface area contributed by atoms with Crippen LogP contribution in [0.25, 0.3) is 11.0 Å². The maximum absolute atomic E-state index is 13.3. The van der Waals surface area contributed by atoms with Gasteiger partial charge >= 0.3 is 0 Å². The number of aromatic nitrogens is 3. The predicted molar refractivity (Wildman–Crippen MR) is 99.7 cm³/mol. The lowest BCUT2D eigenvalue weighted by molar-refractivity contribution is 0.0621. The third-order valence-corrected chi connectivity index (χ3v) is 5.08. The average molecular weight is 343 g/mol. The van der Waals surface area contributed by atoms with E-state index >= 15 is 0 Å². The van der Waals surface area contributed by atoms with Crippen molar-refractivity contribution < 1.29 is 4.79 Å². The highest BCUT2D eigenvalue weighted by atomic mass is 16.2. The molecule has 0 saturated carbocycles. The minimum atomic E-state index is 0.0667. The first-order valence-corrected chi connectivity index (χ1v) is 9.24. The molecule has 0 unspecified atom stereocenters. The molecular formula is C19H29N5O. The van der Waals surface area contributed by atoms with Crippen LogP contribution in [0.2, 0.25) is 0 Å². The molecule has 0 aliphatic carbocycles. The zero-order valence-corrected chi connectivity index (χ0v) is 15.9. The van der Waals surface area contributed by atoms with Crippen molar-refractivity contribution in [2.45, 2.75) is 71.5 Å². The van der Waals surface area contributed by atoms with E-state index in [1.165, 1.54) is 0 Å². The number of piperidine rings is 1. The van der Waals surface area contributed by atoms with Gasteiger partial charge in [-0.15, -0.1) is 0 Å². The molecule has 1 aliphatic heterocycles. The number of carbonyl (C=O) groups excluding carboxylic acids is 1. The second kappa shape index (κ2) is 6.75. The van der Waals surface area contributed by atoms with Gasteiger partial charge in [0.05, 0.1) is 17.1 Å². The Morgan fingerprint density at radius 1 is 1.32 bits per heavy atom. The number of rotatable bonds is 3. The molecule has 2 N–H and O–H groups in total. The highest BCUT2D eigenvalue weighted by molar-refractivity contribution is 6.05. The van der Waals surface area contributed by atoms with Crippen molar-refractivity contribution in [2.75, 3.05) is 6.54 Å². The van der Waals surface area contributed by atoms with E-state index in [9.17, 15) is 4.79 Å². The fourth-order valence-corrected chi connectivity index (χ4v) is 3.55. The zero-order valence-electron chi connectivity index (χ0n) is 15.9. The molecule has 25 heavy (non-hydrogen) atoms. The quantitative estimate of drug-likeness (QED) is 0.929. The molecule has 6 nitrogen and oxygen atoms in total. The fourth-order valence-electron chi connectivity index (χ4n) is 3.55. The van der Waals surface area contributed by atoms with Gasteiger partial charge in [0.1, 0.15) is 0 Å². The number of nitrogens with zero attached hydrogens (tertiary/aromatic N) is 4. The number of carbonyl (C=O) groups is 1. The van der Waals surface area contributed by atoms with Gasteiger partial charge < -0.3 is 10.6 Å². The van der Waals surface area contributed by atoms with Crippen LogP contribution in [0.1, 0.15) is 75.5 Å². The van der Waals surface area contributed by atoms with Crippen molar-refractivity contribution in [3.63, 3.8) is 0 Å². The number of nitrogens with two attached hydrogens (primary N) is 1. The highest BCUT2D eigenvalue weighted by Crippen LogP contribution is 2.27. The van der Waals surface area contributed by atoms with Crippen molar-refractivity contribution in [3.05, 3.63) is 23.5 Å². The van der Waals surface area contributed by atoms with Gasteiger partial charge in [0.2, 0.25) is 0 Å². The molecule has 2 atom stereocenters. The topological polar surface area (TPSA) is 77.0 Å². The first-order valence-electron chi connectivity index (χ1n) is 9.24. The summed E-state index contributed by atoms with van der Waals surface area (Å²) < 4.78 is 1.90. The van der Waals surface area contributed by atoms with Crippen molar-refractivity contribution >= 4 is 16.9 Å². The normalized spacial score (nSPS) is 21.5. The number of likely N-dealkylation sites (tertiary alicyclic amines) is 1. The van der Waals surface area contributed by atoms with Gasteiger partial charge in [0.15, 0.2) is 5.65 Å². The summed E-state index contributed by atoms with van der Waals surface area (Å²) in [6.07, 6.45) is 3.48. The molecule has 2 aromatic rings. The van der Waals surface area contributed by atoms with Crippen LogP contribution >= 0.6 is 0 Å². The first kappa shape index (κ1) is 17.9. The smallest absolute Gasteiger partial charge is 0.254 e. The van der Waals surface area contributed by atoms with E-state index in [4.69, 9.17) is 10.7 Å². The van der Waals surface area contributed by atoms with Gasteiger partial charge in [0.25, 0.3) is 5.91 Å². The summed E-state index contributed by atoms with van der Waals surface area (Å²) in [5.41, 5.74) is 8.49. The standard InChI is InChI=1S/C19H29N5O/c1-11(2)17-9-15(16-10-21-24(12(3)4)18(16)22-17)19(25)23-7-6-14(20)8-13(23)5/h9-14H,6-8,20H2,1-5H3/t13-,14+/m1/s1. The monoisotopic (exact) mass is 343 g/mol. The number of fused-ring (bicyclic) bond motifs is 1. The largest absolute Gasteiger partial charge is 0.336 e. The van der Waals surface area contributed by atoms with Crippen molar-refractivity contribution in [1.29, 1.82) is 0 Å². The lowest BCUT2D eigenvalue weighted by atomic mass is 9.97. The Balaban J connectivity index is 2.09. The number of pyridine rings is 1. The molecule has 1 aliphatic rings. The predicted octanol–water partition coefficient (Wildman–Crippen LogP) is 3.09. The summed E-state index contributed by atoms with van der Waals surface area (Å²) in [6, 6.07) is 2.49. The van der Waals surface area contributed by atoms with E-state index < -0.39 is 0 Å². The molecule has 3 heterocycles. The molecule has 0 aromatic carbocycles. The van der Waals surface area contributed by atoms with Gasteiger partial charge in [-0.2, -0.15) is 5.10 Å². The molecule has 2 aromatic heterocycles. The Morgan fingerprint density at radius 3 is 2.64 bits per heavy atom. The molecule has 136 valence electrons. The SMILES string of the molecule is CC(C)c1cc(C(=O)N2CC[C@H](N)C[C@H]2C)c2cnn(C(C)C)c2n1. The third-order valence-electron chi connectivity index (χ3n) is 5.08. The number of hydrogen-bond donors (Lipinski definition) is 1. The molecule has 6 heteroatoms. The van der Waals surface area contributed by atoms with Crippen LogP contribution in [-0.2, 0) is 0 Å². The molecule has 0 radical (unpaired) electrons. The van der Waals surface area contributed by atoms with Crippen LogP contribution in [0, 0.1) is 0 Å². The van der Waals surface area contributed by atoms with Crippen molar-refractivity contribution in [2.24, 2.45) is 5.73 Å². The summed E-state index contributed by atoms with van der Waals surface area (Å²) in [6.45, 7) is 11.1. The van der Waals surface area contributed by atoms with Crippen LogP contribution < -0.4 is 5.73 Å².